The Morgan fingerprint density at radius 3 is 2.46 bits per heavy atom. The Balaban J connectivity index is 2.01. The van der Waals surface area contributed by atoms with Gasteiger partial charge in [0, 0.05) is 11.6 Å². The van der Waals surface area contributed by atoms with Crippen LogP contribution in [0.25, 0.3) is 0 Å². The molecular weight excluding hydrogens is 349 g/mol. The van der Waals surface area contributed by atoms with Gasteiger partial charge >= 0.3 is 0 Å². The van der Waals surface area contributed by atoms with E-state index in [1.807, 2.05) is 6.07 Å². The van der Waals surface area contributed by atoms with Crippen molar-refractivity contribution >= 4 is 11.6 Å². The maximum Gasteiger partial charge on any atom is 0.279 e. The van der Waals surface area contributed by atoms with Crippen molar-refractivity contribution in [3.8, 4) is 11.5 Å². The number of hydrogen-bond donors (Lipinski definition) is 2. The minimum absolute atomic E-state index is 0.00633. The molecule has 2 aromatic carbocycles. The van der Waals surface area contributed by atoms with E-state index in [2.05, 4.69) is 5.32 Å². The molecule has 1 unspecified atom stereocenters. The van der Waals surface area contributed by atoms with Crippen molar-refractivity contribution in [1.82, 2.24) is 0 Å². The lowest BCUT2D eigenvalue weighted by Gasteiger charge is -2.16. The standard InChI is InChI=1S/C18H19F3N2O3/c1-23(9-11-4-5-12(25-2)8-15(11)26-3)10-16(24)22-14-7-6-13(19)17(20)18(14)21/h4-8H,9-10H2,1-3H3,(H,22,24)/p+1. The molecule has 140 valence electrons. The second-order valence-electron chi connectivity index (χ2n) is 5.76. The number of benzene rings is 2. The van der Waals surface area contributed by atoms with Crippen molar-refractivity contribution in [2.75, 3.05) is 33.1 Å². The van der Waals surface area contributed by atoms with Crippen LogP contribution in [0.15, 0.2) is 30.3 Å². The monoisotopic (exact) mass is 369 g/mol. The largest absolute Gasteiger partial charge is 0.497 e. The van der Waals surface area contributed by atoms with Crippen LogP contribution >= 0.6 is 0 Å². The highest BCUT2D eigenvalue weighted by Crippen LogP contribution is 2.24. The number of methoxy groups -OCH3 is 2. The second kappa shape index (κ2) is 8.57. The normalized spacial score (nSPS) is 11.8. The van der Waals surface area contributed by atoms with Crippen LogP contribution in [0.3, 0.4) is 0 Å². The molecule has 2 N–H and O–H groups in total. The lowest BCUT2D eigenvalue weighted by Crippen LogP contribution is -3.08. The van der Waals surface area contributed by atoms with E-state index in [4.69, 9.17) is 9.47 Å². The molecule has 5 nitrogen and oxygen atoms in total. The molecule has 0 spiro atoms. The zero-order valence-electron chi connectivity index (χ0n) is 14.7. The number of carbonyl (C=O) groups excluding carboxylic acids is 1. The van der Waals surface area contributed by atoms with E-state index in [-0.39, 0.29) is 6.54 Å². The van der Waals surface area contributed by atoms with Crippen molar-refractivity contribution in [1.29, 1.82) is 0 Å². The lowest BCUT2D eigenvalue weighted by atomic mass is 10.2. The number of quaternary nitrogens is 1. The van der Waals surface area contributed by atoms with Gasteiger partial charge in [-0.2, -0.15) is 0 Å². The van der Waals surface area contributed by atoms with Crippen LogP contribution in [-0.2, 0) is 11.3 Å². The number of hydrogen-bond acceptors (Lipinski definition) is 3. The Morgan fingerprint density at radius 1 is 1.08 bits per heavy atom. The number of carbonyl (C=O) groups is 1. The van der Waals surface area contributed by atoms with Gasteiger partial charge in [-0.05, 0) is 24.3 Å². The van der Waals surface area contributed by atoms with Crippen molar-refractivity contribution < 1.29 is 32.3 Å². The molecule has 0 radical (unpaired) electrons. The van der Waals surface area contributed by atoms with Crippen LogP contribution in [0.5, 0.6) is 11.5 Å². The predicted octanol–water partition coefficient (Wildman–Crippen LogP) is 1.77. The molecule has 1 amide bonds. The van der Waals surface area contributed by atoms with Gasteiger partial charge in [0.25, 0.3) is 5.91 Å². The molecule has 26 heavy (non-hydrogen) atoms. The number of rotatable bonds is 7. The minimum Gasteiger partial charge on any atom is -0.497 e. The first kappa shape index (κ1) is 19.6. The van der Waals surface area contributed by atoms with Crippen molar-refractivity contribution in [2.24, 2.45) is 0 Å². The Morgan fingerprint density at radius 2 is 1.81 bits per heavy atom. The Kier molecular flexibility index (Phi) is 6.46. The summed E-state index contributed by atoms with van der Waals surface area (Å²) < 4.78 is 50.2. The molecule has 1 atom stereocenters. The summed E-state index contributed by atoms with van der Waals surface area (Å²) in [5.41, 5.74) is 0.460. The maximum atomic E-state index is 13.6. The fourth-order valence-corrected chi connectivity index (χ4v) is 2.48. The lowest BCUT2D eigenvalue weighted by molar-refractivity contribution is -0.885. The molecule has 2 rings (SSSR count). The van der Waals surface area contributed by atoms with Crippen LogP contribution in [0, 0.1) is 17.5 Å². The smallest absolute Gasteiger partial charge is 0.279 e. The van der Waals surface area contributed by atoms with E-state index in [1.165, 1.54) is 7.11 Å². The molecule has 0 bridgehead atoms. The molecule has 0 aliphatic heterocycles. The van der Waals surface area contributed by atoms with Crippen LogP contribution in [0.4, 0.5) is 18.9 Å². The van der Waals surface area contributed by atoms with Gasteiger partial charge in [-0.1, -0.05) is 0 Å². The van der Waals surface area contributed by atoms with Gasteiger partial charge in [0.2, 0.25) is 0 Å². The van der Waals surface area contributed by atoms with E-state index in [0.717, 1.165) is 22.6 Å². The summed E-state index contributed by atoms with van der Waals surface area (Å²) in [7, 11) is 4.85. The van der Waals surface area contributed by atoms with Gasteiger partial charge < -0.3 is 19.7 Å². The van der Waals surface area contributed by atoms with Gasteiger partial charge in [-0.3, -0.25) is 4.79 Å². The van der Waals surface area contributed by atoms with Gasteiger partial charge in [0.1, 0.15) is 18.0 Å². The summed E-state index contributed by atoms with van der Waals surface area (Å²) in [5.74, 6) is -3.61. The molecule has 0 saturated heterocycles. The maximum absolute atomic E-state index is 13.6. The number of ether oxygens (including phenoxy) is 2. The first-order valence-corrected chi connectivity index (χ1v) is 7.81. The number of halogens is 3. The van der Waals surface area contributed by atoms with Crippen LogP contribution in [0.1, 0.15) is 5.56 Å². The zero-order chi connectivity index (χ0) is 19.3. The molecule has 0 heterocycles. The highest BCUT2D eigenvalue weighted by atomic mass is 19.2. The number of nitrogens with one attached hydrogen (secondary N) is 2. The summed E-state index contributed by atoms with van der Waals surface area (Å²) in [4.78, 5) is 12.8. The molecule has 8 heteroatoms. The number of likely N-dealkylation sites (N-methyl/N-ethyl adjacent to an activating group) is 1. The minimum atomic E-state index is -1.62. The summed E-state index contributed by atoms with van der Waals surface area (Å²) in [6.07, 6.45) is 0. The first-order chi connectivity index (χ1) is 12.3. The van der Waals surface area contributed by atoms with E-state index < -0.39 is 29.0 Å². The Bertz CT molecular complexity index is 799. The third-order valence-corrected chi connectivity index (χ3v) is 3.76. The summed E-state index contributed by atoms with van der Waals surface area (Å²) in [6.45, 7) is 0.453. The second-order valence-corrected chi connectivity index (χ2v) is 5.76. The molecule has 0 fully saturated rings. The Labute approximate surface area is 149 Å². The van der Waals surface area contributed by atoms with Crippen LogP contribution in [-0.4, -0.2) is 33.7 Å². The first-order valence-electron chi connectivity index (χ1n) is 7.81. The van der Waals surface area contributed by atoms with Gasteiger partial charge in [0.15, 0.2) is 24.0 Å². The average Bonchev–Trinajstić information content (AvgIpc) is 2.62. The third-order valence-electron chi connectivity index (χ3n) is 3.76. The number of amides is 1. The predicted molar refractivity (Wildman–Crippen MR) is 89.9 cm³/mol. The fraction of sp³-hybridized carbons (Fsp3) is 0.278. The van der Waals surface area contributed by atoms with Gasteiger partial charge in [-0.15, -0.1) is 0 Å². The molecular formula is C18H20F3N2O3+. The SMILES string of the molecule is COc1ccc(C[NH+](C)CC(=O)Nc2ccc(F)c(F)c2F)c(OC)c1. The van der Waals surface area contributed by atoms with Crippen molar-refractivity contribution in [3.05, 3.63) is 53.3 Å². The van der Waals surface area contributed by atoms with E-state index in [0.29, 0.717) is 18.0 Å². The summed E-state index contributed by atoms with van der Waals surface area (Å²) in [6, 6.07) is 7.08. The van der Waals surface area contributed by atoms with Crippen molar-refractivity contribution in [2.45, 2.75) is 6.54 Å². The Hall–Kier alpha value is -2.74. The topological polar surface area (TPSA) is 52.0 Å². The molecule has 2 aromatic rings. The van der Waals surface area contributed by atoms with E-state index >= 15 is 0 Å². The summed E-state index contributed by atoms with van der Waals surface area (Å²) >= 11 is 0. The quantitative estimate of drug-likeness (QED) is 0.732. The number of anilines is 1. The molecule has 0 aliphatic rings. The third kappa shape index (κ3) is 4.66. The fourth-order valence-electron chi connectivity index (χ4n) is 2.48. The molecule has 0 aliphatic carbocycles. The van der Waals surface area contributed by atoms with Gasteiger partial charge in [-0.25, -0.2) is 13.2 Å². The van der Waals surface area contributed by atoms with E-state index in [9.17, 15) is 18.0 Å². The average molecular weight is 369 g/mol. The van der Waals surface area contributed by atoms with E-state index in [1.54, 1.807) is 26.3 Å². The van der Waals surface area contributed by atoms with Crippen LogP contribution in [0.2, 0.25) is 0 Å². The molecule has 0 aromatic heterocycles. The molecule has 0 saturated carbocycles. The summed E-state index contributed by atoms with van der Waals surface area (Å²) in [5, 5.41) is 2.25. The van der Waals surface area contributed by atoms with Crippen molar-refractivity contribution in [3.63, 3.8) is 0 Å². The highest BCUT2D eigenvalue weighted by molar-refractivity contribution is 5.91. The highest BCUT2D eigenvalue weighted by Gasteiger charge is 2.18. The zero-order valence-corrected chi connectivity index (χ0v) is 14.7. The van der Waals surface area contributed by atoms with Crippen LogP contribution < -0.4 is 19.7 Å². The van der Waals surface area contributed by atoms with Gasteiger partial charge in [0.05, 0.1) is 27.0 Å².